The number of β-lactam (4-membered cyclic amide) rings is 1. The molecule has 1 aliphatic rings. The summed E-state index contributed by atoms with van der Waals surface area (Å²) in [7, 11) is -1.81. The summed E-state index contributed by atoms with van der Waals surface area (Å²) in [5, 5.41) is 3.14. The fourth-order valence-corrected chi connectivity index (χ4v) is 3.69. The molecule has 0 aliphatic carbocycles. The molecule has 1 heterocycles. The van der Waals surface area contributed by atoms with Crippen LogP contribution in [0.15, 0.2) is 12.2 Å². The maximum absolute atomic E-state index is 11.8. The van der Waals surface area contributed by atoms with Gasteiger partial charge in [0, 0.05) is 6.04 Å². The maximum Gasteiger partial charge on any atom is 0.228 e. The van der Waals surface area contributed by atoms with Crippen molar-refractivity contribution < 1.29 is 9.22 Å². The third-order valence-corrected chi connectivity index (χ3v) is 9.00. The number of amides is 1. The average Bonchev–Trinajstić information content (AvgIpc) is 2.12. The molecular formula is C15H29NO2Si. The number of carbonyl (C=O) groups excluding carboxylic acids is 1. The van der Waals surface area contributed by atoms with Gasteiger partial charge in [-0.15, -0.1) is 6.58 Å². The molecule has 0 aromatic carbocycles. The molecule has 0 unspecified atom stereocenters. The van der Waals surface area contributed by atoms with E-state index in [1.165, 1.54) is 0 Å². The van der Waals surface area contributed by atoms with Crippen LogP contribution in [0.3, 0.4) is 0 Å². The van der Waals surface area contributed by atoms with Crippen molar-refractivity contribution >= 4 is 14.2 Å². The summed E-state index contributed by atoms with van der Waals surface area (Å²) >= 11 is 0. The SMILES string of the molecule is C=C(C)C[C@H]1NC(=O)[C@@H]1[C@@H](C)O[Si](C)(C)C(C)(C)C. The highest BCUT2D eigenvalue weighted by Crippen LogP contribution is 2.39. The first kappa shape index (κ1) is 16.4. The Labute approximate surface area is 118 Å². The van der Waals surface area contributed by atoms with Gasteiger partial charge in [-0.3, -0.25) is 4.79 Å². The topological polar surface area (TPSA) is 38.3 Å². The van der Waals surface area contributed by atoms with E-state index in [1.807, 2.05) is 13.8 Å². The van der Waals surface area contributed by atoms with Crippen LogP contribution in [0.4, 0.5) is 0 Å². The van der Waals surface area contributed by atoms with E-state index in [2.05, 4.69) is 45.8 Å². The van der Waals surface area contributed by atoms with Gasteiger partial charge in [-0.25, -0.2) is 0 Å². The van der Waals surface area contributed by atoms with Crippen LogP contribution in [0.2, 0.25) is 18.1 Å². The molecule has 19 heavy (non-hydrogen) atoms. The van der Waals surface area contributed by atoms with Crippen molar-refractivity contribution in [3.63, 3.8) is 0 Å². The quantitative estimate of drug-likeness (QED) is 0.476. The van der Waals surface area contributed by atoms with E-state index in [-0.39, 0.29) is 29.0 Å². The zero-order valence-corrected chi connectivity index (χ0v) is 14.5. The van der Waals surface area contributed by atoms with Crippen LogP contribution < -0.4 is 5.32 Å². The molecule has 1 fully saturated rings. The monoisotopic (exact) mass is 283 g/mol. The Morgan fingerprint density at radius 3 is 2.37 bits per heavy atom. The molecule has 3 atom stereocenters. The van der Waals surface area contributed by atoms with Crippen molar-refractivity contribution in [2.45, 2.75) is 71.3 Å². The first-order valence-corrected chi connectivity index (χ1v) is 9.99. The minimum absolute atomic E-state index is 0.0148. The molecule has 4 heteroatoms. The van der Waals surface area contributed by atoms with Gasteiger partial charge < -0.3 is 9.74 Å². The molecule has 1 saturated heterocycles. The summed E-state index contributed by atoms with van der Waals surface area (Å²) in [5.41, 5.74) is 1.11. The molecule has 1 rings (SSSR count). The molecule has 0 aromatic heterocycles. The van der Waals surface area contributed by atoms with E-state index >= 15 is 0 Å². The van der Waals surface area contributed by atoms with Crippen LogP contribution in [-0.4, -0.2) is 26.4 Å². The van der Waals surface area contributed by atoms with Gasteiger partial charge in [-0.05, 0) is 38.4 Å². The third kappa shape index (κ3) is 3.69. The fourth-order valence-electron chi connectivity index (χ4n) is 2.26. The summed E-state index contributed by atoms with van der Waals surface area (Å²) in [6.07, 6.45) is 0.834. The zero-order chi connectivity index (χ0) is 15.0. The van der Waals surface area contributed by atoms with Crippen molar-refractivity contribution in [2.75, 3.05) is 0 Å². The van der Waals surface area contributed by atoms with Gasteiger partial charge in [0.25, 0.3) is 0 Å². The molecule has 0 aromatic rings. The lowest BCUT2D eigenvalue weighted by Crippen LogP contribution is -2.63. The molecule has 0 radical (unpaired) electrons. The molecule has 1 amide bonds. The minimum atomic E-state index is -1.81. The smallest absolute Gasteiger partial charge is 0.228 e. The van der Waals surface area contributed by atoms with E-state index in [9.17, 15) is 4.79 Å². The van der Waals surface area contributed by atoms with Crippen molar-refractivity contribution in [1.29, 1.82) is 0 Å². The van der Waals surface area contributed by atoms with Gasteiger partial charge in [0.1, 0.15) is 0 Å². The Bertz CT molecular complexity index is 371. The van der Waals surface area contributed by atoms with E-state index in [1.54, 1.807) is 0 Å². The summed E-state index contributed by atoms with van der Waals surface area (Å²) in [6, 6.07) is 0.199. The highest BCUT2D eigenvalue weighted by atomic mass is 28.4. The van der Waals surface area contributed by atoms with Crippen molar-refractivity contribution in [3.05, 3.63) is 12.2 Å². The first-order chi connectivity index (χ1) is 8.45. The van der Waals surface area contributed by atoms with Gasteiger partial charge >= 0.3 is 0 Å². The molecule has 1 aliphatic heterocycles. The highest BCUT2D eigenvalue weighted by molar-refractivity contribution is 6.74. The van der Waals surface area contributed by atoms with Gasteiger partial charge in [0.15, 0.2) is 8.32 Å². The Balaban J connectivity index is 2.69. The predicted molar refractivity (Wildman–Crippen MR) is 82.6 cm³/mol. The summed E-state index contributed by atoms with van der Waals surface area (Å²) in [5.74, 6) is 0.100. The highest BCUT2D eigenvalue weighted by Gasteiger charge is 2.47. The van der Waals surface area contributed by atoms with Crippen molar-refractivity contribution in [3.8, 4) is 0 Å². The van der Waals surface area contributed by atoms with Gasteiger partial charge in [0.05, 0.1) is 12.0 Å². The second kappa shape index (κ2) is 5.41. The van der Waals surface area contributed by atoms with E-state index in [4.69, 9.17) is 4.43 Å². The van der Waals surface area contributed by atoms with Gasteiger partial charge in [0.2, 0.25) is 5.91 Å². The summed E-state index contributed by atoms with van der Waals surface area (Å²) < 4.78 is 6.34. The standard InChI is InChI=1S/C15H29NO2Si/c1-10(2)9-12-13(14(17)16-12)11(3)18-19(7,8)15(4,5)6/h11-13H,1,9H2,2-8H3,(H,16,17)/t11-,12-,13-/m1/s1. The molecule has 3 nitrogen and oxygen atoms in total. The van der Waals surface area contributed by atoms with Crippen molar-refractivity contribution in [2.24, 2.45) is 5.92 Å². The Kier molecular flexibility index (Phi) is 4.68. The average molecular weight is 283 g/mol. The molecule has 0 bridgehead atoms. The summed E-state index contributed by atoms with van der Waals surface area (Å²) in [4.78, 5) is 11.8. The lowest BCUT2D eigenvalue weighted by molar-refractivity contribution is -0.139. The van der Waals surface area contributed by atoms with E-state index in [0.29, 0.717) is 0 Å². The van der Waals surface area contributed by atoms with Crippen LogP contribution in [0.5, 0.6) is 0 Å². The number of rotatable bonds is 5. The third-order valence-electron chi connectivity index (χ3n) is 4.42. The van der Waals surface area contributed by atoms with E-state index < -0.39 is 8.32 Å². The molecule has 110 valence electrons. The van der Waals surface area contributed by atoms with Crippen LogP contribution in [-0.2, 0) is 9.22 Å². The Hall–Kier alpha value is -0.613. The first-order valence-electron chi connectivity index (χ1n) is 7.08. The predicted octanol–water partition coefficient (Wildman–Crippen LogP) is 3.48. The second-order valence-electron chi connectivity index (χ2n) is 7.39. The number of nitrogens with one attached hydrogen (secondary N) is 1. The lowest BCUT2D eigenvalue weighted by Gasteiger charge is -2.45. The fraction of sp³-hybridized carbons (Fsp3) is 0.800. The minimum Gasteiger partial charge on any atom is -0.413 e. The Morgan fingerprint density at radius 2 is 2.00 bits per heavy atom. The van der Waals surface area contributed by atoms with Crippen LogP contribution in [0.1, 0.15) is 41.0 Å². The maximum atomic E-state index is 11.8. The number of carbonyl (C=O) groups is 1. The zero-order valence-electron chi connectivity index (χ0n) is 13.5. The largest absolute Gasteiger partial charge is 0.413 e. The Morgan fingerprint density at radius 1 is 1.47 bits per heavy atom. The number of hydrogen-bond acceptors (Lipinski definition) is 2. The normalized spacial score (nSPS) is 25.5. The lowest BCUT2D eigenvalue weighted by atomic mass is 9.83. The van der Waals surface area contributed by atoms with E-state index in [0.717, 1.165) is 12.0 Å². The van der Waals surface area contributed by atoms with Crippen LogP contribution >= 0.6 is 0 Å². The number of hydrogen-bond donors (Lipinski definition) is 1. The van der Waals surface area contributed by atoms with Gasteiger partial charge in [-0.1, -0.05) is 26.3 Å². The molecule has 0 spiro atoms. The second-order valence-corrected chi connectivity index (χ2v) is 12.1. The molecular weight excluding hydrogens is 254 g/mol. The molecule has 1 N–H and O–H groups in total. The van der Waals surface area contributed by atoms with Crippen LogP contribution in [0, 0.1) is 5.92 Å². The molecule has 0 saturated carbocycles. The summed E-state index contributed by atoms with van der Waals surface area (Å²) in [6.45, 7) is 19.1. The van der Waals surface area contributed by atoms with Crippen molar-refractivity contribution in [1.82, 2.24) is 5.32 Å². The van der Waals surface area contributed by atoms with Crippen LogP contribution in [0.25, 0.3) is 0 Å². The van der Waals surface area contributed by atoms with Gasteiger partial charge in [-0.2, -0.15) is 0 Å².